The smallest absolute Gasteiger partial charge is 0.475 e. The van der Waals surface area contributed by atoms with Crippen LogP contribution in [0.3, 0.4) is 0 Å². The standard InChI is InChI=1S/C18H26N2O3.C2HF3O2/c1-14(2)22-12-15-6-5-8-18(15)13-20(10-11-23-18)17(21)16-7-3-4-9-19-16;3-2(4,5)1(6)7/h3-4,7,9,14-15H,5-6,8,10-13H2,1-2H3;(H,6,7)/t15-,18+;/m1./s1. The van der Waals surface area contributed by atoms with E-state index in [4.69, 9.17) is 19.4 Å². The fourth-order valence-electron chi connectivity index (χ4n) is 3.69. The number of carboxylic acids is 1. The Kier molecular flexibility index (Phi) is 8.19. The van der Waals surface area contributed by atoms with Crippen LogP contribution < -0.4 is 0 Å². The lowest BCUT2D eigenvalue weighted by molar-refractivity contribution is -0.192. The minimum Gasteiger partial charge on any atom is -0.475 e. The molecule has 1 aromatic rings. The first-order valence-corrected chi connectivity index (χ1v) is 9.81. The molecule has 2 atom stereocenters. The quantitative estimate of drug-likeness (QED) is 0.786. The molecule has 10 heteroatoms. The summed E-state index contributed by atoms with van der Waals surface area (Å²) < 4.78 is 43.8. The fraction of sp³-hybridized carbons (Fsp3) is 0.650. The van der Waals surface area contributed by atoms with E-state index in [-0.39, 0.29) is 17.6 Å². The van der Waals surface area contributed by atoms with Gasteiger partial charge in [-0.2, -0.15) is 13.2 Å². The number of alkyl halides is 3. The fourth-order valence-corrected chi connectivity index (χ4v) is 3.69. The number of carbonyl (C=O) groups is 2. The van der Waals surface area contributed by atoms with Gasteiger partial charge in [-0.3, -0.25) is 9.78 Å². The van der Waals surface area contributed by atoms with Crippen molar-refractivity contribution in [2.75, 3.05) is 26.3 Å². The summed E-state index contributed by atoms with van der Waals surface area (Å²) in [5.74, 6) is -2.39. The van der Waals surface area contributed by atoms with E-state index in [0.29, 0.717) is 37.9 Å². The highest BCUT2D eigenvalue weighted by molar-refractivity contribution is 5.92. The number of pyridine rings is 1. The number of aromatic nitrogens is 1. The number of nitrogens with zero attached hydrogens (tertiary/aromatic N) is 2. The molecule has 0 radical (unpaired) electrons. The van der Waals surface area contributed by atoms with Crippen LogP contribution in [0.25, 0.3) is 0 Å². The Bertz CT molecular complexity index is 714. The van der Waals surface area contributed by atoms with Gasteiger partial charge in [0.05, 0.1) is 31.5 Å². The molecule has 1 amide bonds. The van der Waals surface area contributed by atoms with Crippen molar-refractivity contribution in [3.8, 4) is 0 Å². The third-order valence-corrected chi connectivity index (χ3v) is 5.15. The van der Waals surface area contributed by atoms with Crippen molar-refractivity contribution < 1.29 is 37.3 Å². The number of amides is 1. The van der Waals surface area contributed by atoms with Crippen molar-refractivity contribution >= 4 is 11.9 Å². The van der Waals surface area contributed by atoms with E-state index in [9.17, 15) is 18.0 Å². The van der Waals surface area contributed by atoms with Crippen molar-refractivity contribution in [1.82, 2.24) is 9.88 Å². The van der Waals surface area contributed by atoms with Crippen LogP contribution in [0.5, 0.6) is 0 Å². The van der Waals surface area contributed by atoms with Crippen LogP contribution in [0.15, 0.2) is 24.4 Å². The Morgan fingerprint density at radius 3 is 2.67 bits per heavy atom. The van der Waals surface area contributed by atoms with Gasteiger partial charge in [0.2, 0.25) is 0 Å². The minimum absolute atomic E-state index is 0.00343. The molecule has 7 nitrogen and oxygen atoms in total. The lowest BCUT2D eigenvalue weighted by Gasteiger charge is -2.44. The summed E-state index contributed by atoms with van der Waals surface area (Å²) in [5.41, 5.74) is 0.273. The number of morpholine rings is 1. The van der Waals surface area contributed by atoms with Crippen molar-refractivity contribution in [3.63, 3.8) is 0 Å². The first kappa shape index (κ1) is 24.1. The van der Waals surface area contributed by atoms with Crippen LogP contribution in [-0.4, -0.2) is 71.1 Å². The van der Waals surface area contributed by atoms with Crippen LogP contribution in [-0.2, 0) is 14.3 Å². The van der Waals surface area contributed by atoms with Gasteiger partial charge in [-0.25, -0.2) is 4.79 Å². The summed E-state index contributed by atoms with van der Waals surface area (Å²) >= 11 is 0. The zero-order chi connectivity index (χ0) is 22.4. The molecule has 1 aliphatic carbocycles. The Balaban J connectivity index is 0.000000396. The second-order valence-electron chi connectivity index (χ2n) is 7.63. The maximum atomic E-state index is 12.7. The summed E-state index contributed by atoms with van der Waals surface area (Å²) in [4.78, 5) is 27.7. The molecule has 0 bridgehead atoms. The van der Waals surface area contributed by atoms with E-state index in [1.807, 2.05) is 17.0 Å². The average molecular weight is 432 g/mol. The molecule has 1 saturated carbocycles. The highest BCUT2D eigenvalue weighted by atomic mass is 19.4. The molecule has 0 unspecified atom stereocenters. The Labute approximate surface area is 173 Å². The number of aliphatic carboxylic acids is 1. The number of rotatable bonds is 4. The zero-order valence-corrected chi connectivity index (χ0v) is 17.0. The van der Waals surface area contributed by atoms with Crippen LogP contribution in [0.1, 0.15) is 43.6 Å². The van der Waals surface area contributed by atoms with Crippen molar-refractivity contribution in [3.05, 3.63) is 30.1 Å². The van der Waals surface area contributed by atoms with Crippen LogP contribution in [0, 0.1) is 5.92 Å². The van der Waals surface area contributed by atoms with Gasteiger partial charge < -0.3 is 19.5 Å². The Morgan fingerprint density at radius 1 is 1.40 bits per heavy atom. The van der Waals surface area contributed by atoms with E-state index in [2.05, 4.69) is 18.8 Å². The molecule has 30 heavy (non-hydrogen) atoms. The largest absolute Gasteiger partial charge is 0.490 e. The predicted molar refractivity (Wildman–Crippen MR) is 101 cm³/mol. The van der Waals surface area contributed by atoms with Gasteiger partial charge in [0.25, 0.3) is 5.91 Å². The molecule has 1 saturated heterocycles. The van der Waals surface area contributed by atoms with E-state index >= 15 is 0 Å². The molecule has 2 aliphatic rings. The molecule has 0 aromatic carbocycles. The summed E-state index contributed by atoms with van der Waals surface area (Å²) in [5, 5.41) is 7.12. The van der Waals surface area contributed by atoms with E-state index in [0.717, 1.165) is 19.3 Å². The molecule has 3 rings (SSSR count). The molecule has 1 N–H and O–H groups in total. The molecule has 1 spiro atoms. The Morgan fingerprint density at radius 2 is 2.10 bits per heavy atom. The first-order valence-electron chi connectivity index (χ1n) is 9.81. The van der Waals surface area contributed by atoms with E-state index in [1.54, 1.807) is 12.3 Å². The molecule has 2 heterocycles. The van der Waals surface area contributed by atoms with Crippen molar-refractivity contribution in [2.24, 2.45) is 5.92 Å². The van der Waals surface area contributed by atoms with Gasteiger partial charge in [0.15, 0.2) is 0 Å². The summed E-state index contributed by atoms with van der Waals surface area (Å²) in [6.07, 6.45) is 0.0574. The predicted octanol–water partition coefficient (Wildman–Crippen LogP) is 3.15. The second-order valence-corrected chi connectivity index (χ2v) is 7.63. The average Bonchev–Trinajstić information content (AvgIpc) is 3.07. The van der Waals surface area contributed by atoms with Gasteiger partial charge in [-0.15, -0.1) is 0 Å². The molecule has 1 aliphatic heterocycles. The molecule has 168 valence electrons. The normalized spacial score (nSPS) is 23.9. The lowest BCUT2D eigenvalue weighted by Crippen LogP contribution is -2.56. The topological polar surface area (TPSA) is 89.0 Å². The number of carboxylic acid groups (broad SMARTS) is 1. The number of halogens is 3. The van der Waals surface area contributed by atoms with E-state index in [1.165, 1.54) is 0 Å². The Hall–Kier alpha value is -2.20. The third-order valence-electron chi connectivity index (χ3n) is 5.15. The first-order chi connectivity index (χ1) is 14.0. The number of ether oxygens (including phenoxy) is 2. The second kappa shape index (κ2) is 10.2. The zero-order valence-electron chi connectivity index (χ0n) is 17.0. The number of hydrogen-bond donors (Lipinski definition) is 1. The SMILES string of the molecule is CC(C)OC[C@H]1CCC[C@]12CN(C(=O)c1ccccn1)CCO2.O=C(O)C(F)(F)F. The van der Waals surface area contributed by atoms with Crippen LogP contribution in [0.4, 0.5) is 13.2 Å². The maximum absolute atomic E-state index is 12.7. The molecule has 1 aromatic heterocycles. The summed E-state index contributed by atoms with van der Waals surface area (Å²) in [6.45, 7) is 6.70. The lowest BCUT2D eigenvalue weighted by atomic mass is 9.89. The summed E-state index contributed by atoms with van der Waals surface area (Å²) in [6, 6.07) is 5.46. The third kappa shape index (κ3) is 6.40. The van der Waals surface area contributed by atoms with Crippen molar-refractivity contribution in [2.45, 2.75) is 51.0 Å². The van der Waals surface area contributed by atoms with Crippen LogP contribution >= 0.6 is 0 Å². The number of carbonyl (C=O) groups excluding carboxylic acids is 1. The van der Waals surface area contributed by atoms with Crippen molar-refractivity contribution in [1.29, 1.82) is 0 Å². The molecular formula is C20H27F3N2O5. The van der Waals surface area contributed by atoms with Gasteiger partial charge in [0, 0.05) is 18.7 Å². The highest BCUT2D eigenvalue weighted by Crippen LogP contribution is 2.41. The number of hydrogen-bond acceptors (Lipinski definition) is 5. The minimum atomic E-state index is -5.08. The van der Waals surface area contributed by atoms with Gasteiger partial charge in [0.1, 0.15) is 5.69 Å². The maximum Gasteiger partial charge on any atom is 0.490 e. The van der Waals surface area contributed by atoms with Gasteiger partial charge >= 0.3 is 12.1 Å². The molecular weight excluding hydrogens is 405 g/mol. The monoisotopic (exact) mass is 432 g/mol. The molecule has 2 fully saturated rings. The highest BCUT2D eigenvalue weighted by Gasteiger charge is 2.48. The van der Waals surface area contributed by atoms with Gasteiger partial charge in [-0.05, 0) is 38.8 Å². The summed E-state index contributed by atoms with van der Waals surface area (Å²) in [7, 11) is 0. The van der Waals surface area contributed by atoms with Crippen LogP contribution in [0.2, 0.25) is 0 Å². The van der Waals surface area contributed by atoms with Gasteiger partial charge in [-0.1, -0.05) is 12.5 Å². The van der Waals surface area contributed by atoms with E-state index < -0.39 is 12.1 Å².